The van der Waals surface area contributed by atoms with E-state index >= 15 is 0 Å². The molecule has 0 unspecified atom stereocenters. The van der Waals surface area contributed by atoms with Crippen molar-refractivity contribution in [3.05, 3.63) is 0 Å². The summed E-state index contributed by atoms with van der Waals surface area (Å²) in [4.78, 5) is 0. The molecule has 0 aliphatic heterocycles. The molecule has 0 aromatic rings. The second-order valence-corrected chi connectivity index (χ2v) is 5.49. The molecule has 0 radical (unpaired) electrons. The van der Waals surface area contributed by atoms with Crippen LogP contribution in [0.15, 0.2) is 0 Å². The predicted molar refractivity (Wildman–Crippen MR) is 68.0 cm³/mol. The third kappa shape index (κ3) is 4.47. The first-order valence-corrected chi connectivity index (χ1v) is 6.90. The van der Waals surface area contributed by atoms with Crippen molar-refractivity contribution in [1.29, 1.82) is 0 Å². The molecule has 0 aromatic carbocycles. The summed E-state index contributed by atoms with van der Waals surface area (Å²) in [5, 5.41) is 0. The maximum Gasteiger partial charge on any atom is 0.238 e. The molecule has 0 atom stereocenters. The van der Waals surface area contributed by atoms with E-state index in [1.165, 1.54) is 19.3 Å². The van der Waals surface area contributed by atoms with Crippen LogP contribution < -0.4 is 0 Å². The van der Waals surface area contributed by atoms with Crippen molar-refractivity contribution in [2.45, 2.75) is 51.4 Å². The van der Waals surface area contributed by atoms with Gasteiger partial charge in [-0.1, -0.05) is 19.3 Å². The summed E-state index contributed by atoms with van der Waals surface area (Å²) < 4.78 is 35.7. The summed E-state index contributed by atoms with van der Waals surface area (Å²) in [5.41, 5.74) is -0.222. The van der Waals surface area contributed by atoms with Gasteiger partial charge in [0.2, 0.25) is 6.43 Å². The van der Waals surface area contributed by atoms with Gasteiger partial charge in [0, 0.05) is 26.1 Å². The van der Waals surface area contributed by atoms with Crippen LogP contribution in [-0.4, -0.2) is 33.9 Å². The Bertz CT molecular complexity index is 210. The second-order valence-electron chi connectivity index (χ2n) is 5.49. The summed E-state index contributed by atoms with van der Waals surface area (Å²) in [6.45, 7) is 1.05. The van der Waals surface area contributed by atoms with Gasteiger partial charge in [0.25, 0.3) is 0 Å². The average molecular weight is 264 g/mol. The molecule has 0 amide bonds. The van der Waals surface area contributed by atoms with E-state index in [4.69, 9.17) is 9.47 Å². The smallest absolute Gasteiger partial charge is 0.238 e. The summed E-state index contributed by atoms with van der Waals surface area (Å²) in [5.74, 6) is 0.463. The molecule has 0 heterocycles. The number of halogens is 2. The Labute approximate surface area is 109 Å². The molecule has 108 valence electrons. The van der Waals surface area contributed by atoms with E-state index < -0.39 is 6.43 Å². The van der Waals surface area contributed by atoms with Gasteiger partial charge in [-0.3, -0.25) is 0 Å². The van der Waals surface area contributed by atoms with Crippen molar-refractivity contribution in [3.63, 3.8) is 0 Å². The van der Waals surface area contributed by atoms with Gasteiger partial charge in [0.1, 0.15) is 0 Å². The van der Waals surface area contributed by atoms with Crippen LogP contribution in [-0.2, 0) is 9.47 Å². The topological polar surface area (TPSA) is 18.5 Å². The van der Waals surface area contributed by atoms with Crippen LogP contribution >= 0.6 is 0 Å². The van der Waals surface area contributed by atoms with E-state index in [9.17, 15) is 8.78 Å². The maximum absolute atomic E-state index is 12.5. The van der Waals surface area contributed by atoms with Gasteiger partial charge in [0.05, 0.1) is 13.2 Å². The Kier molecular flexibility index (Phi) is 7.08. The lowest BCUT2D eigenvalue weighted by Gasteiger charge is -2.42. The van der Waals surface area contributed by atoms with Crippen LogP contribution in [0.4, 0.5) is 8.78 Å². The molecule has 1 aliphatic rings. The minimum atomic E-state index is -2.23. The van der Waals surface area contributed by atoms with E-state index in [0.717, 1.165) is 12.8 Å². The van der Waals surface area contributed by atoms with Crippen LogP contribution in [0.25, 0.3) is 0 Å². The molecule has 4 heteroatoms. The third-order valence-electron chi connectivity index (χ3n) is 4.20. The van der Waals surface area contributed by atoms with Gasteiger partial charge in [-0.25, -0.2) is 8.78 Å². The normalized spacial score (nSPS) is 18.5. The minimum absolute atomic E-state index is 0.0524. The van der Waals surface area contributed by atoms with Gasteiger partial charge in [-0.05, 0) is 25.2 Å². The Morgan fingerprint density at radius 1 is 1.06 bits per heavy atom. The standard InChI is InChI=1S/C14H26F2O2/c1-17-10-14(11-18-2,9-8-13(15)16)12-6-4-3-5-7-12/h12-13H,3-11H2,1-2H3. The minimum Gasteiger partial charge on any atom is -0.384 e. The van der Waals surface area contributed by atoms with E-state index in [-0.39, 0.29) is 11.8 Å². The van der Waals surface area contributed by atoms with Crippen LogP contribution in [0.2, 0.25) is 0 Å². The molecular weight excluding hydrogens is 238 g/mol. The van der Waals surface area contributed by atoms with Gasteiger partial charge in [-0.15, -0.1) is 0 Å². The van der Waals surface area contributed by atoms with Crippen molar-refractivity contribution in [3.8, 4) is 0 Å². The fourth-order valence-electron chi connectivity index (χ4n) is 3.31. The summed E-state index contributed by atoms with van der Waals surface area (Å²) in [6, 6.07) is 0. The molecule has 0 aromatic heterocycles. The molecule has 1 saturated carbocycles. The molecule has 1 fully saturated rings. The van der Waals surface area contributed by atoms with E-state index in [0.29, 0.717) is 25.6 Å². The third-order valence-corrected chi connectivity index (χ3v) is 4.20. The highest BCUT2D eigenvalue weighted by molar-refractivity contribution is 4.88. The van der Waals surface area contributed by atoms with Crippen molar-refractivity contribution < 1.29 is 18.3 Å². The van der Waals surface area contributed by atoms with Gasteiger partial charge in [-0.2, -0.15) is 0 Å². The second kappa shape index (κ2) is 8.05. The van der Waals surface area contributed by atoms with Crippen molar-refractivity contribution in [2.24, 2.45) is 11.3 Å². The van der Waals surface area contributed by atoms with Crippen LogP contribution in [0, 0.1) is 11.3 Å². The zero-order chi connectivity index (χ0) is 13.4. The van der Waals surface area contributed by atoms with Crippen LogP contribution in [0.1, 0.15) is 44.9 Å². The number of methoxy groups -OCH3 is 2. The predicted octanol–water partition coefficient (Wildman–Crippen LogP) is 3.89. The van der Waals surface area contributed by atoms with Crippen LogP contribution in [0.3, 0.4) is 0 Å². The first kappa shape index (κ1) is 15.8. The van der Waals surface area contributed by atoms with Gasteiger partial charge < -0.3 is 9.47 Å². The summed E-state index contributed by atoms with van der Waals surface area (Å²) in [7, 11) is 3.30. The monoisotopic (exact) mass is 264 g/mol. The highest BCUT2D eigenvalue weighted by Crippen LogP contribution is 2.43. The van der Waals surface area contributed by atoms with E-state index in [2.05, 4.69) is 0 Å². The Morgan fingerprint density at radius 3 is 2.06 bits per heavy atom. The first-order chi connectivity index (χ1) is 8.64. The lowest BCUT2D eigenvalue weighted by atomic mass is 9.67. The quantitative estimate of drug-likeness (QED) is 0.662. The van der Waals surface area contributed by atoms with Crippen LogP contribution in [0.5, 0.6) is 0 Å². The highest BCUT2D eigenvalue weighted by atomic mass is 19.3. The van der Waals surface area contributed by atoms with Gasteiger partial charge in [0.15, 0.2) is 0 Å². The Balaban J connectivity index is 2.73. The SMILES string of the molecule is COCC(CCC(F)F)(COC)C1CCCCC1. The number of hydrogen-bond acceptors (Lipinski definition) is 2. The molecule has 18 heavy (non-hydrogen) atoms. The Morgan fingerprint density at radius 2 is 1.61 bits per heavy atom. The fourth-order valence-corrected chi connectivity index (χ4v) is 3.31. The van der Waals surface area contributed by atoms with Crippen molar-refractivity contribution in [1.82, 2.24) is 0 Å². The molecular formula is C14H26F2O2. The largest absolute Gasteiger partial charge is 0.384 e. The zero-order valence-corrected chi connectivity index (χ0v) is 11.6. The number of alkyl halides is 2. The fraction of sp³-hybridized carbons (Fsp3) is 1.00. The first-order valence-electron chi connectivity index (χ1n) is 6.90. The lowest BCUT2D eigenvalue weighted by molar-refractivity contribution is -0.0550. The summed E-state index contributed by atoms with van der Waals surface area (Å²) in [6.07, 6.45) is 4.12. The molecule has 1 aliphatic carbocycles. The Hall–Kier alpha value is -0.220. The zero-order valence-electron chi connectivity index (χ0n) is 11.6. The summed E-state index contributed by atoms with van der Waals surface area (Å²) >= 11 is 0. The molecule has 0 bridgehead atoms. The average Bonchev–Trinajstić information content (AvgIpc) is 2.37. The van der Waals surface area contributed by atoms with Gasteiger partial charge >= 0.3 is 0 Å². The molecule has 0 spiro atoms. The van der Waals surface area contributed by atoms with Crippen molar-refractivity contribution >= 4 is 0 Å². The molecule has 0 N–H and O–H groups in total. The number of rotatable bonds is 8. The number of hydrogen-bond donors (Lipinski definition) is 0. The van der Waals surface area contributed by atoms with E-state index in [1.807, 2.05) is 0 Å². The number of ether oxygens (including phenoxy) is 2. The van der Waals surface area contributed by atoms with Crippen molar-refractivity contribution in [2.75, 3.05) is 27.4 Å². The molecule has 2 nitrogen and oxygen atoms in total. The molecule has 0 saturated heterocycles. The lowest BCUT2D eigenvalue weighted by Crippen LogP contribution is -2.40. The maximum atomic E-state index is 12.5. The van der Waals surface area contributed by atoms with E-state index in [1.54, 1.807) is 14.2 Å². The molecule has 1 rings (SSSR count). The highest BCUT2D eigenvalue weighted by Gasteiger charge is 2.39.